The number of anilines is 1. The van der Waals surface area contributed by atoms with Gasteiger partial charge in [-0.25, -0.2) is 9.13 Å². The monoisotopic (exact) mass is 569 g/mol. The van der Waals surface area contributed by atoms with Crippen LogP contribution in [0.1, 0.15) is 12.7 Å². The second-order valence-corrected chi connectivity index (χ2v) is 10.8. The Kier molecular flexibility index (Phi) is 7.89. The molecule has 18 heteroatoms. The molecule has 2 atom stereocenters. The molecule has 2 aromatic rings. The molecule has 37 heavy (non-hydrogen) atoms. The third-order valence-electron chi connectivity index (χ3n) is 5.06. The fraction of sp³-hybridized carbons (Fsp3) is 0.316. The van der Waals surface area contributed by atoms with Crippen molar-refractivity contribution in [1.82, 2.24) is 19.6 Å². The van der Waals surface area contributed by atoms with Crippen molar-refractivity contribution in [1.29, 1.82) is 0 Å². The van der Waals surface area contributed by atoms with Gasteiger partial charge in [-0.3, -0.25) is 19.6 Å². The van der Waals surface area contributed by atoms with E-state index in [1.807, 2.05) is 11.2 Å². The maximum Gasteiger partial charge on any atom is 0.429 e. The predicted octanol–water partition coefficient (Wildman–Crippen LogP) is -1.83. The molecular formula is C19H20N7O8PS2. The first-order valence-electron chi connectivity index (χ1n) is 10.6. The standard InChI is InChI=1S/C19H20N7O8PS2/c1-2-34-22-11(14-21-19(37-24-14)23-35(31,32)33)15(27)20-12-16(28)26-13(18(29)30)10(9-36-17(12)26)8-25-6-4-3-5-7-25/h3-7,12,17H,2,8-9H2,1H3,(H4-,20,21,23,24,27,29,30,31,32,33)/b22-11-/t12?,17-/m1/s1. The van der Waals surface area contributed by atoms with E-state index in [1.54, 1.807) is 36.0 Å². The van der Waals surface area contributed by atoms with Gasteiger partial charge in [0, 0.05) is 35.0 Å². The Morgan fingerprint density at radius 2 is 2.08 bits per heavy atom. The van der Waals surface area contributed by atoms with E-state index in [2.05, 4.69) is 19.8 Å². The fourth-order valence-corrected chi connectivity index (χ4v) is 6.15. The molecule has 2 aliphatic rings. The van der Waals surface area contributed by atoms with Crippen molar-refractivity contribution in [2.45, 2.75) is 24.9 Å². The average molecular weight is 570 g/mol. The highest BCUT2D eigenvalue weighted by Crippen LogP contribution is 2.40. The molecule has 0 radical (unpaired) electrons. The first-order chi connectivity index (χ1) is 17.6. The van der Waals surface area contributed by atoms with Gasteiger partial charge in [0.1, 0.15) is 18.0 Å². The van der Waals surface area contributed by atoms with E-state index in [0.717, 1.165) is 4.90 Å². The van der Waals surface area contributed by atoms with Crippen LogP contribution >= 0.6 is 31.0 Å². The number of aromatic nitrogens is 3. The smallest absolute Gasteiger partial charge is 0.429 e. The SMILES string of the molecule is CCO/N=C(\C(=O)NC1C(=O)N2C(C(=O)[O-])=C(C[n+]3ccccc3)CS[C@H]12)c1nsc(NP(=O)(O)O)n1. The zero-order chi connectivity index (χ0) is 26.7. The molecule has 1 unspecified atom stereocenters. The zero-order valence-electron chi connectivity index (χ0n) is 19.0. The summed E-state index contributed by atoms with van der Waals surface area (Å²) in [5.74, 6) is -3.03. The molecule has 0 spiro atoms. The van der Waals surface area contributed by atoms with Gasteiger partial charge in [0.2, 0.25) is 16.7 Å². The lowest BCUT2D eigenvalue weighted by Crippen LogP contribution is -2.71. The molecule has 2 aliphatic heterocycles. The van der Waals surface area contributed by atoms with Gasteiger partial charge in [-0.05, 0) is 6.92 Å². The summed E-state index contributed by atoms with van der Waals surface area (Å²) >= 11 is 1.86. The highest BCUT2D eigenvalue weighted by atomic mass is 32.2. The summed E-state index contributed by atoms with van der Waals surface area (Å²) in [6.45, 7) is 1.95. The number of β-lactam (4-membered cyclic amide) rings is 1. The van der Waals surface area contributed by atoms with E-state index < -0.39 is 42.7 Å². The second kappa shape index (κ2) is 10.9. The number of hydrogen-bond donors (Lipinski definition) is 4. The molecule has 0 bridgehead atoms. The van der Waals surface area contributed by atoms with Crippen LogP contribution in [0.25, 0.3) is 0 Å². The molecule has 4 N–H and O–H groups in total. The van der Waals surface area contributed by atoms with E-state index in [-0.39, 0.29) is 35.6 Å². The lowest BCUT2D eigenvalue weighted by atomic mass is 10.0. The Morgan fingerprint density at radius 1 is 1.35 bits per heavy atom. The molecule has 0 saturated carbocycles. The lowest BCUT2D eigenvalue weighted by molar-refractivity contribution is -0.689. The summed E-state index contributed by atoms with van der Waals surface area (Å²) in [6, 6.07) is 4.34. The van der Waals surface area contributed by atoms with Gasteiger partial charge < -0.3 is 29.8 Å². The van der Waals surface area contributed by atoms with Crippen LogP contribution < -0.4 is 20.1 Å². The van der Waals surface area contributed by atoms with Crippen LogP contribution in [0.2, 0.25) is 0 Å². The lowest BCUT2D eigenvalue weighted by Gasteiger charge is -2.50. The summed E-state index contributed by atoms with van der Waals surface area (Å²) in [4.78, 5) is 65.9. The van der Waals surface area contributed by atoms with Crippen LogP contribution in [-0.4, -0.2) is 71.3 Å². The molecule has 0 aromatic carbocycles. The Bertz CT molecular complexity index is 1330. The van der Waals surface area contributed by atoms with Gasteiger partial charge in [0.15, 0.2) is 18.9 Å². The highest BCUT2D eigenvalue weighted by Gasteiger charge is 2.53. The van der Waals surface area contributed by atoms with Gasteiger partial charge in [0.05, 0.1) is 11.7 Å². The second-order valence-electron chi connectivity index (χ2n) is 7.59. The Morgan fingerprint density at radius 3 is 2.73 bits per heavy atom. The van der Waals surface area contributed by atoms with E-state index in [0.29, 0.717) is 17.1 Å². The fourth-order valence-electron chi connectivity index (χ4n) is 3.57. The highest BCUT2D eigenvalue weighted by molar-refractivity contribution is 8.00. The van der Waals surface area contributed by atoms with Crippen molar-refractivity contribution < 1.29 is 43.2 Å². The van der Waals surface area contributed by atoms with Crippen LogP contribution in [0, 0.1) is 0 Å². The molecule has 1 fully saturated rings. The van der Waals surface area contributed by atoms with Crippen molar-refractivity contribution in [3.8, 4) is 0 Å². The number of hydrogen-bond acceptors (Lipinski definition) is 11. The first-order valence-corrected chi connectivity index (χ1v) is 14.0. The van der Waals surface area contributed by atoms with Crippen molar-refractivity contribution in [2.75, 3.05) is 17.4 Å². The molecular weight excluding hydrogens is 549 g/mol. The molecule has 0 aliphatic carbocycles. The van der Waals surface area contributed by atoms with Crippen LogP contribution in [0.4, 0.5) is 5.13 Å². The van der Waals surface area contributed by atoms with Gasteiger partial charge in [0.25, 0.3) is 11.8 Å². The number of nitrogens with zero attached hydrogens (tertiary/aromatic N) is 5. The number of nitrogens with one attached hydrogen (secondary N) is 2. The molecule has 2 aromatic heterocycles. The Hall–Kier alpha value is -3.37. The summed E-state index contributed by atoms with van der Waals surface area (Å²) in [5, 5.41) is 19.0. The van der Waals surface area contributed by atoms with Crippen molar-refractivity contribution >= 4 is 59.7 Å². The Labute approximate surface area is 217 Å². The quantitative estimate of drug-likeness (QED) is 0.0819. The number of fused-ring (bicyclic) bond motifs is 1. The number of pyridine rings is 1. The molecule has 4 rings (SSSR count). The minimum atomic E-state index is -4.66. The predicted molar refractivity (Wildman–Crippen MR) is 127 cm³/mol. The van der Waals surface area contributed by atoms with E-state index in [1.165, 1.54) is 11.8 Å². The third-order valence-corrected chi connectivity index (χ3v) is 7.68. The molecule has 1 saturated heterocycles. The molecule has 196 valence electrons. The van der Waals surface area contributed by atoms with Crippen LogP contribution in [0.5, 0.6) is 0 Å². The summed E-state index contributed by atoms with van der Waals surface area (Å²) < 4.78 is 16.8. The van der Waals surface area contributed by atoms with Crippen LogP contribution in [-0.2, 0) is 30.3 Å². The number of rotatable bonds is 10. The summed E-state index contributed by atoms with van der Waals surface area (Å²) in [6.07, 6.45) is 3.54. The number of aliphatic carboxylic acids is 1. The van der Waals surface area contributed by atoms with Gasteiger partial charge in [-0.15, -0.1) is 11.8 Å². The summed E-state index contributed by atoms with van der Waals surface area (Å²) in [5.41, 5.74) is -0.167. The third kappa shape index (κ3) is 5.97. The Balaban J connectivity index is 1.52. The first kappa shape index (κ1) is 26.7. The number of carboxylic acids is 1. The zero-order valence-corrected chi connectivity index (χ0v) is 21.5. The van der Waals surface area contributed by atoms with Crippen molar-refractivity contribution in [2.24, 2.45) is 5.16 Å². The number of thioether (sulfide) groups is 1. The minimum absolute atomic E-state index is 0.0884. The number of carbonyl (C=O) groups excluding carboxylic acids is 3. The number of carbonyl (C=O) groups is 3. The average Bonchev–Trinajstić information content (AvgIpc) is 3.29. The maximum atomic E-state index is 13.0. The van der Waals surface area contributed by atoms with Gasteiger partial charge in [-0.1, -0.05) is 11.2 Å². The van der Waals surface area contributed by atoms with E-state index in [4.69, 9.17) is 14.6 Å². The number of amides is 2. The van der Waals surface area contributed by atoms with Gasteiger partial charge in [-0.2, -0.15) is 9.36 Å². The molecule has 15 nitrogen and oxygen atoms in total. The maximum absolute atomic E-state index is 13.0. The molecule has 4 heterocycles. The summed E-state index contributed by atoms with van der Waals surface area (Å²) in [7, 11) is -4.66. The number of oxime groups is 1. The van der Waals surface area contributed by atoms with Crippen LogP contribution in [0.3, 0.4) is 0 Å². The van der Waals surface area contributed by atoms with E-state index in [9.17, 15) is 24.1 Å². The minimum Gasteiger partial charge on any atom is -0.543 e. The topological polar surface area (TPSA) is 210 Å². The van der Waals surface area contributed by atoms with Crippen molar-refractivity contribution in [3.05, 3.63) is 47.7 Å². The van der Waals surface area contributed by atoms with Crippen LogP contribution in [0.15, 0.2) is 47.0 Å². The largest absolute Gasteiger partial charge is 0.543 e. The van der Waals surface area contributed by atoms with E-state index >= 15 is 0 Å². The molecule has 2 amide bonds. The van der Waals surface area contributed by atoms with Gasteiger partial charge >= 0.3 is 7.75 Å². The number of carboxylic acid groups (broad SMARTS) is 1. The normalized spacial score (nSPS) is 19.7. The van der Waals surface area contributed by atoms with Crippen molar-refractivity contribution in [3.63, 3.8) is 0 Å².